The van der Waals surface area contributed by atoms with Crippen molar-refractivity contribution in [2.24, 2.45) is 5.73 Å². The fraction of sp³-hybridized carbons (Fsp3) is 0.750. The Morgan fingerprint density at radius 3 is 2.41 bits per heavy atom. The summed E-state index contributed by atoms with van der Waals surface area (Å²) >= 11 is 0. The Hall–Kier alpha value is -1.51. The first-order valence-corrected chi connectivity index (χ1v) is 4.77. The maximum Gasteiger partial charge on any atom is 0.471 e. The summed E-state index contributed by atoms with van der Waals surface area (Å²) in [5, 5.41) is 10.5. The molecule has 0 radical (unpaired) electrons. The number of nitrogens with one attached hydrogen (secondary N) is 1. The quantitative estimate of drug-likeness (QED) is 0.633. The maximum absolute atomic E-state index is 12.1. The lowest BCUT2D eigenvalue weighted by Gasteiger charge is -2.28. The van der Waals surface area contributed by atoms with Crippen molar-refractivity contribution >= 4 is 12.0 Å². The fourth-order valence-electron chi connectivity index (χ4n) is 1.67. The Kier molecular flexibility index (Phi) is 3.51. The number of carboxylic acid groups (broad SMARTS) is 1. The molecule has 2 amide bonds. The minimum Gasteiger partial charge on any atom is -0.465 e. The summed E-state index contributed by atoms with van der Waals surface area (Å²) in [5.74, 6) is -2.10. The minimum absolute atomic E-state index is 0.0463. The Morgan fingerprint density at radius 1 is 1.47 bits per heavy atom. The van der Waals surface area contributed by atoms with E-state index < -0.39 is 23.7 Å². The number of alkyl halides is 3. The molecule has 0 aromatic rings. The van der Waals surface area contributed by atoms with E-state index in [2.05, 4.69) is 0 Å². The summed E-state index contributed by atoms with van der Waals surface area (Å²) < 4.78 is 36.2. The van der Waals surface area contributed by atoms with Crippen LogP contribution in [0.1, 0.15) is 6.42 Å². The van der Waals surface area contributed by atoms with Gasteiger partial charge in [0.1, 0.15) is 0 Å². The summed E-state index contributed by atoms with van der Waals surface area (Å²) in [6.45, 7) is -0.441. The van der Waals surface area contributed by atoms with Crippen LogP contribution in [-0.2, 0) is 4.79 Å². The van der Waals surface area contributed by atoms with Gasteiger partial charge in [-0.1, -0.05) is 0 Å². The van der Waals surface area contributed by atoms with Crippen LogP contribution in [0.4, 0.5) is 18.0 Å². The molecule has 17 heavy (non-hydrogen) atoms. The summed E-state index contributed by atoms with van der Waals surface area (Å²) in [6.07, 6.45) is -6.18. The molecule has 98 valence electrons. The van der Waals surface area contributed by atoms with Crippen molar-refractivity contribution in [3.05, 3.63) is 0 Å². The van der Waals surface area contributed by atoms with Crippen LogP contribution in [0.5, 0.6) is 0 Å². The molecule has 0 bridgehead atoms. The smallest absolute Gasteiger partial charge is 0.465 e. The monoisotopic (exact) mass is 255 g/mol. The van der Waals surface area contributed by atoms with Crippen LogP contribution in [0.2, 0.25) is 0 Å². The molecule has 0 aromatic heterocycles. The largest absolute Gasteiger partial charge is 0.471 e. The van der Waals surface area contributed by atoms with Crippen molar-refractivity contribution in [2.45, 2.75) is 18.1 Å². The second-order valence-corrected chi connectivity index (χ2v) is 3.89. The van der Waals surface area contributed by atoms with Gasteiger partial charge in [-0.15, -0.1) is 0 Å². The molecule has 1 unspecified atom stereocenters. The van der Waals surface area contributed by atoms with E-state index in [1.807, 2.05) is 0 Å². The number of halogens is 3. The molecular formula is C8H12F3N3O3. The fourth-order valence-corrected chi connectivity index (χ4v) is 1.67. The van der Waals surface area contributed by atoms with Crippen LogP contribution in [-0.4, -0.2) is 53.4 Å². The van der Waals surface area contributed by atoms with E-state index in [9.17, 15) is 22.8 Å². The first kappa shape index (κ1) is 13.6. The highest BCUT2D eigenvalue weighted by Gasteiger charge is 2.46. The number of nitrogens with zero attached hydrogens (tertiary/aromatic N) is 1. The third-order valence-electron chi connectivity index (χ3n) is 2.65. The third-order valence-corrected chi connectivity index (χ3v) is 2.65. The third kappa shape index (κ3) is 2.99. The molecule has 0 saturated carbocycles. The number of likely N-dealkylation sites (tertiary alicyclic amines) is 1. The van der Waals surface area contributed by atoms with E-state index in [4.69, 9.17) is 10.8 Å². The number of rotatable bonds is 2. The highest BCUT2D eigenvalue weighted by Crippen LogP contribution is 2.23. The summed E-state index contributed by atoms with van der Waals surface area (Å²) in [6, 6.07) is 0. The van der Waals surface area contributed by atoms with Crippen molar-refractivity contribution in [2.75, 3.05) is 19.6 Å². The van der Waals surface area contributed by atoms with E-state index in [1.165, 1.54) is 0 Å². The molecule has 1 saturated heterocycles. The van der Waals surface area contributed by atoms with Gasteiger partial charge in [-0.2, -0.15) is 13.2 Å². The second kappa shape index (κ2) is 4.40. The van der Waals surface area contributed by atoms with Gasteiger partial charge in [0.25, 0.3) is 0 Å². The van der Waals surface area contributed by atoms with E-state index in [-0.39, 0.29) is 26.1 Å². The zero-order chi connectivity index (χ0) is 13.3. The molecule has 1 aliphatic rings. The van der Waals surface area contributed by atoms with Crippen molar-refractivity contribution in [1.29, 1.82) is 0 Å². The summed E-state index contributed by atoms with van der Waals surface area (Å²) in [7, 11) is 0. The Labute approximate surface area is 94.6 Å². The van der Waals surface area contributed by atoms with Gasteiger partial charge in [-0.05, 0) is 6.42 Å². The average molecular weight is 255 g/mol. The van der Waals surface area contributed by atoms with Gasteiger partial charge in [-0.3, -0.25) is 4.79 Å². The first-order chi connectivity index (χ1) is 7.70. The molecule has 9 heteroatoms. The standard InChI is InChI=1S/C8H12F3N3O3/c9-8(10,11)5(15)13-7(3-12)1-2-14(4-7)6(16)17/h1-4,12H2,(H,13,15)(H,16,17). The molecule has 1 atom stereocenters. The average Bonchev–Trinajstić information content (AvgIpc) is 2.61. The van der Waals surface area contributed by atoms with Crippen LogP contribution in [0.25, 0.3) is 0 Å². The zero-order valence-electron chi connectivity index (χ0n) is 8.75. The molecule has 1 aliphatic heterocycles. The van der Waals surface area contributed by atoms with Crippen molar-refractivity contribution in [1.82, 2.24) is 10.2 Å². The molecule has 0 aromatic carbocycles. The molecule has 1 heterocycles. The van der Waals surface area contributed by atoms with Crippen LogP contribution < -0.4 is 11.1 Å². The van der Waals surface area contributed by atoms with E-state index in [1.54, 1.807) is 5.32 Å². The van der Waals surface area contributed by atoms with Gasteiger partial charge < -0.3 is 21.1 Å². The molecule has 1 fully saturated rings. The van der Waals surface area contributed by atoms with Crippen molar-refractivity contribution in [3.63, 3.8) is 0 Å². The molecule has 0 aliphatic carbocycles. The van der Waals surface area contributed by atoms with Crippen LogP contribution in [0.3, 0.4) is 0 Å². The molecular weight excluding hydrogens is 243 g/mol. The van der Waals surface area contributed by atoms with Crippen molar-refractivity contribution in [3.8, 4) is 0 Å². The van der Waals surface area contributed by atoms with Crippen LogP contribution >= 0.6 is 0 Å². The van der Waals surface area contributed by atoms with Crippen LogP contribution in [0, 0.1) is 0 Å². The number of carbonyl (C=O) groups excluding carboxylic acids is 1. The SMILES string of the molecule is NCC1(NC(=O)C(F)(F)F)CCN(C(=O)O)C1. The highest BCUT2D eigenvalue weighted by molar-refractivity contribution is 5.82. The van der Waals surface area contributed by atoms with Gasteiger partial charge in [0, 0.05) is 19.6 Å². The molecule has 0 spiro atoms. The number of carbonyl (C=O) groups is 2. The predicted octanol–water partition coefficient (Wildman–Crippen LogP) is -0.254. The topological polar surface area (TPSA) is 95.7 Å². The maximum atomic E-state index is 12.1. The predicted molar refractivity (Wildman–Crippen MR) is 50.2 cm³/mol. The number of hydrogen-bond donors (Lipinski definition) is 3. The zero-order valence-corrected chi connectivity index (χ0v) is 8.75. The molecule has 1 rings (SSSR count). The lowest BCUT2D eigenvalue weighted by molar-refractivity contribution is -0.175. The number of hydrogen-bond acceptors (Lipinski definition) is 3. The lowest BCUT2D eigenvalue weighted by atomic mass is 9.99. The minimum atomic E-state index is -5.00. The Balaban J connectivity index is 2.73. The van der Waals surface area contributed by atoms with Crippen molar-refractivity contribution < 1.29 is 27.9 Å². The number of amides is 2. The number of nitrogens with two attached hydrogens (primary N) is 1. The highest BCUT2D eigenvalue weighted by atomic mass is 19.4. The van der Waals surface area contributed by atoms with E-state index in [0.29, 0.717) is 0 Å². The van der Waals surface area contributed by atoms with Gasteiger partial charge >= 0.3 is 18.2 Å². The Morgan fingerprint density at radius 2 is 2.06 bits per heavy atom. The van der Waals surface area contributed by atoms with Gasteiger partial charge in [0.15, 0.2) is 0 Å². The first-order valence-electron chi connectivity index (χ1n) is 4.77. The second-order valence-electron chi connectivity index (χ2n) is 3.89. The normalized spacial score (nSPS) is 24.8. The Bertz CT molecular complexity index is 334. The summed E-state index contributed by atoms with van der Waals surface area (Å²) in [5.41, 5.74) is 3.99. The molecule has 6 nitrogen and oxygen atoms in total. The van der Waals surface area contributed by atoms with Gasteiger partial charge in [0.05, 0.1) is 5.54 Å². The van der Waals surface area contributed by atoms with E-state index >= 15 is 0 Å². The molecule has 4 N–H and O–H groups in total. The van der Waals surface area contributed by atoms with E-state index in [0.717, 1.165) is 4.90 Å². The van der Waals surface area contributed by atoms with Crippen LogP contribution in [0.15, 0.2) is 0 Å². The summed E-state index contributed by atoms with van der Waals surface area (Å²) in [4.78, 5) is 22.4. The van der Waals surface area contributed by atoms with Gasteiger partial charge in [-0.25, -0.2) is 4.79 Å². The van der Waals surface area contributed by atoms with Gasteiger partial charge in [0.2, 0.25) is 0 Å². The lowest BCUT2D eigenvalue weighted by Crippen LogP contribution is -2.58.